The van der Waals surface area contributed by atoms with Crippen molar-refractivity contribution in [1.29, 1.82) is 0 Å². The molecule has 0 bridgehead atoms. The van der Waals surface area contributed by atoms with E-state index in [4.69, 9.17) is 0 Å². The molecule has 0 unspecified atom stereocenters. The minimum atomic E-state index is -0.803. The van der Waals surface area contributed by atoms with E-state index in [0.717, 1.165) is 16.4 Å². The summed E-state index contributed by atoms with van der Waals surface area (Å²) in [5.74, 6) is 1.11. The number of hydrogen-bond acceptors (Lipinski definition) is 6. The number of nitrogens with zero attached hydrogens (tertiary/aromatic N) is 3. The molecule has 4 rings (SSSR count). The lowest BCUT2D eigenvalue weighted by Gasteiger charge is -2.39. The molecular weight excluding hydrogens is 324 g/mol. The monoisotopic (exact) mass is 342 g/mol. The Kier molecular flexibility index (Phi) is 3.90. The highest BCUT2D eigenvalue weighted by Gasteiger charge is 2.35. The Morgan fingerprint density at radius 2 is 1.92 bits per heavy atom. The van der Waals surface area contributed by atoms with Gasteiger partial charge in [0.25, 0.3) is 0 Å². The number of anilines is 2. The van der Waals surface area contributed by atoms with Gasteiger partial charge in [-0.2, -0.15) is 0 Å². The minimum absolute atomic E-state index is 0.0265. The van der Waals surface area contributed by atoms with Crippen LogP contribution in [0.3, 0.4) is 0 Å². The summed E-state index contributed by atoms with van der Waals surface area (Å²) in [6.45, 7) is 1.35. The van der Waals surface area contributed by atoms with Gasteiger partial charge in [0.1, 0.15) is 17.0 Å². The highest BCUT2D eigenvalue weighted by atomic mass is 32.2. The van der Waals surface area contributed by atoms with E-state index in [-0.39, 0.29) is 5.91 Å². The van der Waals surface area contributed by atoms with Crippen molar-refractivity contribution < 1.29 is 9.90 Å². The van der Waals surface area contributed by atoms with E-state index >= 15 is 0 Å². The molecular formula is C17H18N4O2S. The summed E-state index contributed by atoms with van der Waals surface area (Å²) in [6.07, 6.45) is 2.78. The van der Waals surface area contributed by atoms with Crippen LogP contribution in [-0.4, -0.2) is 39.8 Å². The van der Waals surface area contributed by atoms with Crippen LogP contribution in [0.15, 0.2) is 41.7 Å². The van der Waals surface area contributed by atoms with Gasteiger partial charge in [-0.15, -0.1) is 0 Å². The molecule has 2 aliphatic heterocycles. The first-order valence-electron chi connectivity index (χ1n) is 7.96. The number of fused-ring (bicyclic) bond motifs is 1. The SMILES string of the molecule is O=C1CSc2ncnc(N3CCC(O)(c4ccccc4)CC3)c2N1. The molecule has 1 aromatic heterocycles. The molecule has 2 aromatic rings. The van der Waals surface area contributed by atoms with Crippen LogP contribution >= 0.6 is 11.8 Å². The van der Waals surface area contributed by atoms with Crippen LogP contribution in [-0.2, 0) is 10.4 Å². The van der Waals surface area contributed by atoms with E-state index in [1.807, 2.05) is 30.3 Å². The molecule has 0 saturated carbocycles. The van der Waals surface area contributed by atoms with Crippen molar-refractivity contribution in [2.45, 2.75) is 23.5 Å². The van der Waals surface area contributed by atoms with Crippen molar-refractivity contribution in [3.8, 4) is 0 Å². The Morgan fingerprint density at radius 1 is 1.17 bits per heavy atom. The number of rotatable bonds is 2. The van der Waals surface area contributed by atoms with Crippen molar-refractivity contribution >= 4 is 29.2 Å². The lowest BCUT2D eigenvalue weighted by atomic mass is 9.84. The number of benzene rings is 1. The molecule has 124 valence electrons. The maximum absolute atomic E-state index is 11.7. The molecule has 0 radical (unpaired) electrons. The molecule has 0 atom stereocenters. The van der Waals surface area contributed by atoms with Crippen LogP contribution in [0.25, 0.3) is 0 Å². The second kappa shape index (κ2) is 6.07. The summed E-state index contributed by atoms with van der Waals surface area (Å²) < 4.78 is 0. The average Bonchev–Trinajstić information content (AvgIpc) is 2.63. The number of amides is 1. The van der Waals surface area contributed by atoms with Crippen LogP contribution in [0.1, 0.15) is 18.4 Å². The Labute approximate surface area is 144 Å². The molecule has 1 amide bonds. The molecule has 1 fully saturated rings. The first-order valence-corrected chi connectivity index (χ1v) is 8.95. The van der Waals surface area contributed by atoms with Gasteiger partial charge in [0.15, 0.2) is 5.82 Å². The van der Waals surface area contributed by atoms with Crippen LogP contribution < -0.4 is 10.2 Å². The Balaban J connectivity index is 1.56. The minimum Gasteiger partial charge on any atom is -0.385 e. The predicted molar refractivity (Wildman–Crippen MR) is 93.2 cm³/mol. The van der Waals surface area contributed by atoms with E-state index in [1.165, 1.54) is 18.1 Å². The number of hydrogen-bond donors (Lipinski definition) is 2. The molecule has 7 heteroatoms. The third-order valence-electron chi connectivity index (χ3n) is 4.60. The molecule has 6 nitrogen and oxygen atoms in total. The van der Waals surface area contributed by atoms with Crippen molar-refractivity contribution in [3.63, 3.8) is 0 Å². The van der Waals surface area contributed by atoms with E-state index in [1.54, 1.807) is 0 Å². The zero-order valence-corrected chi connectivity index (χ0v) is 13.9. The molecule has 0 spiro atoms. The van der Waals surface area contributed by atoms with Crippen LogP contribution in [0.2, 0.25) is 0 Å². The lowest BCUT2D eigenvalue weighted by Crippen LogP contribution is -2.43. The predicted octanol–water partition coefficient (Wildman–Crippen LogP) is 2.01. The summed E-state index contributed by atoms with van der Waals surface area (Å²) >= 11 is 1.43. The largest absolute Gasteiger partial charge is 0.385 e. The van der Waals surface area contributed by atoms with Crippen LogP contribution in [0.4, 0.5) is 11.5 Å². The van der Waals surface area contributed by atoms with E-state index in [9.17, 15) is 9.90 Å². The molecule has 1 aromatic carbocycles. The first-order chi connectivity index (χ1) is 11.7. The highest BCUT2D eigenvalue weighted by molar-refractivity contribution is 8.00. The molecule has 2 aliphatic rings. The van der Waals surface area contributed by atoms with Gasteiger partial charge in [-0.05, 0) is 18.4 Å². The first kappa shape index (κ1) is 15.4. The van der Waals surface area contributed by atoms with Gasteiger partial charge in [0.05, 0.1) is 11.4 Å². The highest BCUT2D eigenvalue weighted by Crippen LogP contribution is 2.39. The molecule has 24 heavy (non-hydrogen) atoms. The standard InChI is InChI=1S/C17H18N4O2S/c22-13-10-24-16-14(20-13)15(18-11-19-16)21-8-6-17(23,7-9-21)12-4-2-1-3-5-12/h1-5,11,23H,6-10H2,(H,20,22). The third-order valence-corrected chi connectivity index (χ3v) is 5.59. The Morgan fingerprint density at radius 3 is 2.67 bits per heavy atom. The number of nitrogens with one attached hydrogen (secondary N) is 1. The maximum atomic E-state index is 11.7. The topological polar surface area (TPSA) is 78.4 Å². The van der Waals surface area contributed by atoms with Gasteiger partial charge in [0.2, 0.25) is 5.91 Å². The number of aromatic nitrogens is 2. The Hall–Kier alpha value is -2.12. The number of piperidine rings is 1. The van der Waals surface area contributed by atoms with Crippen molar-refractivity contribution in [2.75, 3.05) is 29.1 Å². The fraction of sp³-hybridized carbons (Fsp3) is 0.353. The molecule has 3 heterocycles. The van der Waals surface area contributed by atoms with E-state index in [2.05, 4.69) is 20.2 Å². The second-order valence-corrected chi connectivity index (χ2v) is 7.06. The van der Waals surface area contributed by atoms with E-state index in [0.29, 0.717) is 37.4 Å². The second-order valence-electron chi connectivity index (χ2n) is 6.10. The van der Waals surface area contributed by atoms with Crippen molar-refractivity contribution in [1.82, 2.24) is 9.97 Å². The summed E-state index contributed by atoms with van der Waals surface area (Å²) in [4.78, 5) is 22.4. The van der Waals surface area contributed by atoms with E-state index < -0.39 is 5.60 Å². The fourth-order valence-corrected chi connectivity index (χ4v) is 4.00. The summed E-state index contributed by atoms with van der Waals surface area (Å²) in [7, 11) is 0. The van der Waals surface area contributed by atoms with Gasteiger partial charge in [-0.1, -0.05) is 42.1 Å². The van der Waals surface area contributed by atoms with Crippen LogP contribution in [0.5, 0.6) is 0 Å². The number of carbonyl (C=O) groups excluding carboxylic acids is 1. The summed E-state index contributed by atoms with van der Waals surface area (Å²) in [6, 6.07) is 9.80. The molecule has 2 N–H and O–H groups in total. The normalized spacial score (nSPS) is 19.5. The van der Waals surface area contributed by atoms with Gasteiger partial charge in [-0.25, -0.2) is 9.97 Å². The van der Waals surface area contributed by atoms with Crippen LogP contribution in [0, 0.1) is 0 Å². The molecule has 0 aliphatic carbocycles. The fourth-order valence-electron chi connectivity index (χ4n) is 3.25. The third kappa shape index (κ3) is 2.74. The van der Waals surface area contributed by atoms with Crippen molar-refractivity contribution in [3.05, 3.63) is 42.2 Å². The number of aliphatic hydroxyl groups is 1. The summed E-state index contributed by atoms with van der Waals surface area (Å²) in [5, 5.41) is 14.7. The summed E-state index contributed by atoms with van der Waals surface area (Å²) in [5.41, 5.74) is 0.852. The van der Waals surface area contributed by atoms with Crippen molar-refractivity contribution in [2.24, 2.45) is 0 Å². The van der Waals surface area contributed by atoms with Gasteiger partial charge < -0.3 is 15.3 Å². The van der Waals surface area contributed by atoms with Gasteiger partial charge in [0, 0.05) is 13.1 Å². The maximum Gasteiger partial charge on any atom is 0.234 e. The van der Waals surface area contributed by atoms with Gasteiger partial charge >= 0.3 is 0 Å². The Bertz CT molecular complexity index is 760. The number of thioether (sulfide) groups is 1. The quantitative estimate of drug-likeness (QED) is 0.813. The zero-order chi connectivity index (χ0) is 16.6. The smallest absolute Gasteiger partial charge is 0.234 e. The lowest BCUT2D eigenvalue weighted by molar-refractivity contribution is -0.113. The number of carbonyl (C=O) groups is 1. The molecule has 1 saturated heterocycles. The zero-order valence-electron chi connectivity index (χ0n) is 13.1. The van der Waals surface area contributed by atoms with Gasteiger partial charge in [-0.3, -0.25) is 4.79 Å². The average molecular weight is 342 g/mol.